The van der Waals surface area contributed by atoms with Gasteiger partial charge in [0.2, 0.25) is 0 Å². The van der Waals surface area contributed by atoms with Crippen molar-refractivity contribution < 1.29 is 24.1 Å². The zero-order valence-electron chi connectivity index (χ0n) is 9.12. The molecule has 0 unspecified atom stereocenters. The maximum atomic E-state index is 10.1. The van der Waals surface area contributed by atoms with Crippen molar-refractivity contribution in [1.82, 2.24) is 5.32 Å². The molecule has 0 saturated heterocycles. The highest BCUT2D eigenvalue weighted by Gasteiger charge is 1.93. The van der Waals surface area contributed by atoms with Crippen LogP contribution in [-0.2, 0) is 14.2 Å². The summed E-state index contributed by atoms with van der Waals surface area (Å²) in [4.78, 5) is 10.1. The van der Waals surface area contributed by atoms with E-state index in [9.17, 15) is 4.79 Å². The standard InChI is InChI=1S/C9H18BrNO5/c10-1-3-14-5-7-16-8-6-15-4-2-11-9(12)13/h11H,1-8H2,(H,12,13). The molecule has 1 amide bonds. The van der Waals surface area contributed by atoms with Crippen molar-refractivity contribution in [2.75, 3.05) is 51.5 Å². The van der Waals surface area contributed by atoms with Crippen molar-refractivity contribution in [3.05, 3.63) is 0 Å². The third kappa shape index (κ3) is 13.6. The third-order valence-corrected chi connectivity index (χ3v) is 1.81. The van der Waals surface area contributed by atoms with Gasteiger partial charge in [-0.15, -0.1) is 0 Å². The molecule has 0 atom stereocenters. The van der Waals surface area contributed by atoms with Crippen LogP contribution in [0.4, 0.5) is 4.79 Å². The Hall–Kier alpha value is -0.370. The molecule has 2 N–H and O–H groups in total. The van der Waals surface area contributed by atoms with Gasteiger partial charge in [-0.05, 0) is 0 Å². The first kappa shape index (κ1) is 15.6. The van der Waals surface area contributed by atoms with E-state index in [4.69, 9.17) is 19.3 Å². The summed E-state index contributed by atoms with van der Waals surface area (Å²) >= 11 is 3.24. The molecule has 0 fully saturated rings. The van der Waals surface area contributed by atoms with Crippen LogP contribution in [-0.4, -0.2) is 62.7 Å². The lowest BCUT2D eigenvalue weighted by atomic mass is 10.6. The van der Waals surface area contributed by atoms with Crippen LogP contribution in [0, 0.1) is 0 Å². The number of alkyl halides is 1. The van der Waals surface area contributed by atoms with Gasteiger partial charge in [-0.3, -0.25) is 0 Å². The lowest BCUT2D eigenvalue weighted by Crippen LogP contribution is -2.25. The minimum atomic E-state index is -1.04. The number of amides is 1. The fraction of sp³-hybridized carbons (Fsp3) is 0.889. The van der Waals surface area contributed by atoms with Gasteiger partial charge in [-0.25, -0.2) is 4.79 Å². The Labute approximate surface area is 103 Å². The fourth-order valence-electron chi connectivity index (χ4n) is 0.827. The van der Waals surface area contributed by atoms with Gasteiger partial charge in [-0.2, -0.15) is 0 Å². The van der Waals surface area contributed by atoms with E-state index in [0.29, 0.717) is 46.2 Å². The van der Waals surface area contributed by atoms with E-state index in [-0.39, 0.29) is 0 Å². The smallest absolute Gasteiger partial charge is 0.404 e. The SMILES string of the molecule is O=C(O)NCCOCCOCCOCCBr. The fourth-order valence-corrected chi connectivity index (χ4v) is 1.06. The molecule has 0 aromatic rings. The zero-order valence-corrected chi connectivity index (χ0v) is 10.7. The molecular formula is C9H18BrNO5. The highest BCUT2D eigenvalue weighted by atomic mass is 79.9. The summed E-state index contributed by atoms with van der Waals surface area (Å²) in [7, 11) is 0. The molecule has 0 aromatic heterocycles. The lowest BCUT2D eigenvalue weighted by Gasteiger charge is -2.06. The number of hydrogen-bond donors (Lipinski definition) is 2. The predicted molar refractivity (Wildman–Crippen MR) is 62.3 cm³/mol. The summed E-state index contributed by atoms with van der Waals surface area (Å²) in [5.74, 6) is 0. The van der Waals surface area contributed by atoms with Gasteiger partial charge in [0, 0.05) is 11.9 Å². The molecule has 6 nitrogen and oxygen atoms in total. The highest BCUT2D eigenvalue weighted by Crippen LogP contribution is 1.83. The Kier molecular flexibility index (Phi) is 12.4. The minimum Gasteiger partial charge on any atom is -0.465 e. The first-order chi connectivity index (χ1) is 7.77. The van der Waals surface area contributed by atoms with Gasteiger partial charge in [0.05, 0.1) is 39.6 Å². The van der Waals surface area contributed by atoms with E-state index in [0.717, 1.165) is 5.33 Å². The normalized spacial score (nSPS) is 10.3. The molecule has 0 saturated carbocycles. The number of carbonyl (C=O) groups is 1. The van der Waals surface area contributed by atoms with Gasteiger partial charge >= 0.3 is 6.09 Å². The molecule has 0 aromatic carbocycles. The maximum absolute atomic E-state index is 10.1. The lowest BCUT2D eigenvalue weighted by molar-refractivity contribution is 0.0182. The Balaban J connectivity index is 2.90. The number of ether oxygens (including phenoxy) is 3. The first-order valence-electron chi connectivity index (χ1n) is 5.03. The number of halogens is 1. The Morgan fingerprint density at radius 1 is 1.00 bits per heavy atom. The molecule has 16 heavy (non-hydrogen) atoms. The second kappa shape index (κ2) is 12.7. The van der Waals surface area contributed by atoms with Crippen LogP contribution in [0.25, 0.3) is 0 Å². The number of rotatable bonds is 11. The highest BCUT2D eigenvalue weighted by molar-refractivity contribution is 9.09. The second-order valence-electron chi connectivity index (χ2n) is 2.76. The molecule has 7 heteroatoms. The van der Waals surface area contributed by atoms with Gasteiger partial charge in [0.1, 0.15) is 0 Å². The molecule has 0 bridgehead atoms. The Morgan fingerprint density at radius 3 is 2.00 bits per heavy atom. The third-order valence-electron chi connectivity index (χ3n) is 1.49. The molecule has 0 radical (unpaired) electrons. The summed E-state index contributed by atoms with van der Waals surface area (Å²) in [5.41, 5.74) is 0. The molecule has 0 rings (SSSR count). The van der Waals surface area contributed by atoms with E-state index >= 15 is 0 Å². The molecule has 0 aliphatic heterocycles. The summed E-state index contributed by atoms with van der Waals surface area (Å²) in [6.45, 7) is 3.40. The maximum Gasteiger partial charge on any atom is 0.404 e. The van der Waals surface area contributed by atoms with Crippen LogP contribution in [0.5, 0.6) is 0 Å². The van der Waals surface area contributed by atoms with E-state index in [2.05, 4.69) is 21.2 Å². The van der Waals surface area contributed by atoms with Crippen molar-refractivity contribution in [2.45, 2.75) is 0 Å². The van der Waals surface area contributed by atoms with Crippen LogP contribution >= 0.6 is 15.9 Å². The van der Waals surface area contributed by atoms with E-state index in [1.807, 2.05) is 0 Å². The van der Waals surface area contributed by atoms with E-state index in [1.54, 1.807) is 0 Å². The van der Waals surface area contributed by atoms with E-state index in [1.165, 1.54) is 0 Å². The summed E-state index contributed by atoms with van der Waals surface area (Å²) in [5, 5.41) is 11.3. The number of carboxylic acid groups (broad SMARTS) is 1. The second-order valence-corrected chi connectivity index (χ2v) is 3.55. The molecule has 0 aliphatic rings. The number of hydrogen-bond acceptors (Lipinski definition) is 4. The van der Waals surface area contributed by atoms with Gasteiger partial charge in [-0.1, -0.05) is 15.9 Å². The topological polar surface area (TPSA) is 77.0 Å². The van der Waals surface area contributed by atoms with Crippen LogP contribution < -0.4 is 5.32 Å². The largest absolute Gasteiger partial charge is 0.465 e. The minimum absolute atomic E-state index is 0.295. The van der Waals surface area contributed by atoms with Gasteiger partial charge in [0.25, 0.3) is 0 Å². The van der Waals surface area contributed by atoms with Crippen LogP contribution in [0.3, 0.4) is 0 Å². The van der Waals surface area contributed by atoms with Crippen molar-refractivity contribution in [3.63, 3.8) is 0 Å². The first-order valence-corrected chi connectivity index (χ1v) is 6.15. The average Bonchev–Trinajstić information content (AvgIpc) is 2.25. The molecule has 0 heterocycles. The Bertz CT molecular complexity index is 170. The van der Waals surface area contributed by atoms with Crippen LogP contribution in [0.1, 0.15) is 0 Å². The summed E-state index contributed by atoms with van der Waals surface area (Å²) < 4.78 is 15.5. The Morgan fingerprint density at radius 2 is 1.50 bits per heavy atom. The van der Waals surface area contributed by atoms with Crippen molar-refractivity contribution in [1.29, 1.82) is 0 Å². The zero-order chi connectivity index (χ0) is 12.1. The molecular weight excluding hydrogens is 282 g/mol. The molecule has 96 valence electrons. The van der Waals surface area contributed by atoms with Crippen LogP contribution in [0.15, 0.2) is 0 Å². The van der Waals surface area contributed by atoms with Crippen molar-refractivity contribution in [3.8, 4) is 0 Å². The summed E-state index contributed by atoms with van der Waals surface area (Å²) in [6.07, 6.45) is -1.04. The van der Waals surface area contributed by atoms with Crippen molar-refractivity contribution >= 4 is 22.0 Å². The molecule has 0 spiro atoms. The molecule has 0 aliphatic carbocycles. The quantitative estimate of drug-likeness (QED) is 0.434. The van der Waals surface area contributed by atoms with Gasteiger partial charge < -0.3 is 24.6 Å². The monoisotopic (exact) mass is 299 g/mol. The van der Waals surface area contributed by atoms with Gasteiger partial charge in [0.15, 0.2) is 0 Å². The number of nitrogens with one attached hydrogen (secondary N) is 1. The van der Waals surface area contributed by atoms with E-state index < -0.39 is 6.09 Å². The van der Waals surface area contributed by atoms with Crippen molar-refractivity contribution in [2.24, 2.45) is 0 Å². The predicted octanol–water partition coefficient (Wildman–Crippen LogP) is 0.699. The average molecular weight is 300 g/mol. The van der Waals surface area contributed by atoms with Crippen LogP contribution in [0.2, 0.25) is 0 Å². The summed E-state index contributed by atoms with van der Waals surface area (Å²) in [6, 6.07) is 0.